The number of amides is 2. The molecule has 2 aromatic carbocycles. The van der Waals surface area contributed by atoms with Gasteiger partial charge in [0.1, 0.15) is 12.1 Å². The molecular formula is C23H22F6N2O6S. The molecule has 0 fully saturated rings. The minimum atomic E-state index is -6.08. The van der Waals surface area contributed by atoms with Crippen LogP contribution in [0.25, 0.3) is 0 Å². The molecule has 0 saturated heterocycles. The first-order valence-electron chi connectivity index (χ1n) is 10.8. The minimum absolute atomic E-state index is 0.0538. The number of carbonyl (C=O) groups excluding carboxylic acids is 2. The lowest BCUT2D eigenvalue weighted by Crippen LogP contribution is -2.53. The molecule has 0 saturated carbocycles. The Morgan fingerprint density at radius 1 is 1.05 bits per heavy atom. The Balaban J connectivity index is 1.96. The Bertz CT molecular complexity index is 1330. The number of hydrogen-bond acceptors (Lipinski definition) is 6. The summed E-state index contributed by atoms with van der Waals surface area (Å²) >= 11 is 0. The highest BCUT2D eigenvalue weighted by molar-refractivity contribution is 7.90. The second-order valence-corrected chi connectivity index (χ2v) is 10.7. The first kappa shape index (κ1) is 29.4. The van der Waals surface area contributed by atoms with Crippen molar-refractivity contribution in [2.75, 3.05) is 18.7 Å². The van der Waals surface area contributed by atoms with Crippen LogP contribution in [0.4, 0.5) is 32.0 Å². The standard InChI is InChI=1S/C23H22F6N2O6S/c1-12(37-2)20(33)31-11-13-10-16(38(3,35)36)8-9-17(13)18(31)19(32)30-15-6-4-14(5-7-15)21(34,22(24,25)26)23(27,28)29/h4-10,12,18,34H,11H2,1-3H3,(H,30,32)/t12-,18?/m1/s1. The lowest BCUT2D eigenvalue weighted by Gasteiger charge is -2.32. The number of nitrogens with zero attached hydrogens (tertiary/aromatic N) is 1. The van der Waals surface area contributed by atoms with Crippen molar-refractivity contribution >= 4 is 27.3 Å². The zero-order chi connectivity index (χ0) is 28.8. The van der Waals surface area contributed by atoms with E-state index in [1.54, 1.807) is 0 Å². The number of methoxy groups -OCH3 is 1. The van der Waals surface area contributed by atoms with Crippen molar-refractivity contribution in [3.05, 3.63) is 59.2 Å². The molecule has 8 nitrogen and oxygen atoms in total. The maximum Gasteiger partial charge on any atom is 0.430 e. The molecule has 2 atom stereocenters. The van der Waals surface area contributed by atoms with Crippen LogP contribution < -0.4 is 5.32 Å². The Morgan fingerprint density at radius 2 is 1.61 bits per heavy atom. The van der Waals surface area contributed by atoms with Crippen molar-refractivity contribution in [3.63, 3.8) is 0 Å². The lowest BCUT2D eigenvalue weighted by molar-refractivity contribution is -0.376. The number of sulfone groups is 1. The highest BCUT2D eigenvalue weighted by Gasteiger charge is 2.71. The molecule has 0 aromatic heterocycles. The van der Waals surface area contributed by atoms with Crippen molar-refractivity contribution in [2.24, 2.45) is 0 Å². The predicted molar refractivity (Wildman–Crippen MR) is 120 cm³/mol. The molecule has 15 heteroatoms. The number of benzene rings is 2. The van der Waals surface area contributed by atoms with E-state index in [0.29, 0.717) is 17.7 Å². The van der Waals surface area contributed by atoms with E-state index in [1.807, 2.05) is 0 Å². The molecule has 1 unspecified atom stereocenters. The highest BCUT2D eigenvalue weighted by Crippen LogP contribution is 2.50. The number of carbonyl (C=O) groups is 2. The van der Waals surface area contributed by atoms with Gasteiger partial charge >= 0.3 is 12.4 Å². The summed E-state index contributed by atoms with van der Waals surface area (Å²) in [7, 11) is -2.36. The number of alkyl halides is 6. The molecule has 2 aromatic rings. The largest absolute Gasteiger partial charge is 0.430 e. The number of ether oxygens (including phenoxy) is 1. The molecule has 1 heterocycles. The summed E-state index contributed by atoms with van der Waals surface area (Å²) < 4.78 is 108. The fourth-order valence-corrected chi connectivity index (χ4v) is 4.65. The van der Waals surface area contributed by atoms with Crippen molar-refractivity contribution in [1.29, 1.82) is 0 Å². The molecule has 0 radical (unpaired) electrons. The number of anilines is 1. The van der Waals surface area contributed by atoms with E-state index in [-0.39, 0.29) is 22.7 Å². The molecule has 38 heavy (non-hydrogen) atoms. The average Bonchev–Trinajstić information content (AvgIpc) is 3.20. The van der Waals surface area contributed by atoms with Gasteiger partial charge in [0.15, 0.2) is 9.84 Å². The SMILES string of the molecule is CO[C@H](C)C(=O)N1Cc2cc(S(C)(=O)=O)ccc2C1C(=O)Nc1ccc(C(O)(C(F)(F)F)C(F)(F)F)cc1. The van der Waals surface area contributed by atoms with Crippen LogP contribution in [-0.2, 0) is 36.3 Å². The van der Waals surface area contributed by atoms with E-state index in [4.69, 9.17) is 4.74 Å². The second kappa shape index (κ2) is 9.85. The summed E-state index contributed by atoms with van der Waals surface area (Å²) in [5.41, 5.74) is -6.25. The second-order valence-electron chi connectivity index (χ2n) is 8.65. The quantitative estimate of drug-likeness (QED) is 0.517. The molecular weight excluding hydrogens is 546 g/mol. The lowest BCUT2D eigenvalue weighted by atomic mass is 9.92. The molecule has 0 aliphatic carbocycles. The van der Waals surface area contributed by atoms with Gasteiger partial charge in [-0.15, -0.1) is 0 Å². The number of halogens is 6. The van der Waals surface area contributed by atoms with Crippen molar-refractivity contribution in [3.8, 4) is 0 Å². The Kier molecular flexibility index (Phi) is 7.62. The third kappa shape index (κ3) is 5.22. The summed E-state index contributed by atoms with van der Waals surface area (Å²) in [4.78, 5) is 27.2. The van der Waals surface area contributed by atoms with Gasteiger partial charge < -0.3 is 20.1 Å². The molecule has 1 aliphatic heterocycles. The summed E-state index contributed by atoms with van der Waals surface area (Å²) in [6.07, 6.45) is -12.2. The van der Waals surface area contributed by atoms with Crippen molar-refractivity contribution in [2.45, 2.75) is 48.5 Å². The molecule has 0 spiro atoms. The van der Waals surface area contributed by atoms with E-state index in [2.05, 4.69) is 5.32 Å². The smallest absolute Gasteiger partial charge is 0.372 e. The zero-order valence-electron chi connectivity index (χ0n) is 20.0. The number of hydrogen-bond donors (Lipinski definition) is 2. The van der Waals surface area contributed by atoms with Gasteiger partial charge in [0, 0.05) is 31.2 Å². The molecule has 2 amide bonds. The van der Waals surface area contributed by atoms with E-state index in [9.17, 15) is 49.5 Å². The van der Waals surface area contributed by atoms with Crippen LogP contribution in [0.15, 0.2) is 47.4 Å². The Hall–Kier alpha value is -3.17. The first-order chi connectivity index (χ1) is 17.3. The van der Waals surface area contributed by atoms with Gasteiger partial charge in [-0.3, -0.25) is 9.59 Å². The molecule has 208 valence electrons. The fraction of sp³-hybridized carbons (Fsp3) is 0.391. The van der Waals surface area contributed by atoms with Crippen LogP contribution in [0, 0.1) is 0 Å². The number of rotatable bonds is 6. The highest BCUT2D eigenvalue weighted by atomic mass is 32.2. The van der Waals surface area contributed by atoms with Crippen LogP contribution in [-0.4, -0.2) is 62.1 Å². The number of aliphatic hydroxyl groups is 1. The monoisotopic (exact) mass is 568 g/mol. The zero-order valence-corrected chi connectivity index (χ0v) is 20.8. The third-order valence-corrected chi connectivity index (χ3v) is 7.22. The van der Waals surface area contributed by atoms with Crippen LogP contribution in [0.2, 0.25) is 0 Å². The van der Waals surface area contributed by atoms with Gasteiger partial charge in [-0.05, 0) is 42.3 Å². The van der Waals surface area contributed by atoms with Crippen LogP contribution >= 0.6 is 0 Å². The summed E-state index contributed by atoms with van der Waals surface area (Å²) in [5.74, 6) is -1.50. The predicted octanol–water partition coefficient (Wildman–Crippen LogP) is 3.46. The van der Waals surface area contributed by atoms with E-state index in [0.717, 1.165) is 23.3 Å². The Morgan fingerprint density at radius 3 is 2.08 bits per heavy atom. The minimum Gasteiger partial charge on any atom is -0.372 e. The van der Waals surface area contributed by atoms with E-state index >= 15 is 0 Å². The van der Waals surface area contributed by atoms with Gasteiger partial charge in [0.05, 0.1) is 4.90 Å². The van der Waals surface area contributed by atoms with Crippen molar-refractivity contribution < 1.29 is 54.2 Å². The summed E-state index contributed by atoms with van der Waals surface area (Å²) in [6, 6.07) is 4.79. The Labute approximate surface area is 213 Å². The van der Waals surface area contributed by atoms with Gasteiger partial charge in [-0.25, -0.2) is 8.42 Å². The van der Waals surface area contributed by atoms with Gasteiger partial charge in [-0.1, -0.05) is 18.2 Å². The molecule has 3 rings (SSSR count). The van der Waals surface area contributed by atoms with Gasteiger partial charge in [0.2, 0.25) is 0 Å². The molecule has 2 N–H and O–H groups in total. The van der Waals surface area contributed by atoms with Crippen LogP contribution in [0.1, 0.15) is 29.7 Å². The topological polar surface area (TPSA) is 113 Å². The maximum absolute atomic E-state index is 13.2. The van der Waals surface area contributed by atoms with Crippen LogP contribution in [0.3, 0.4) is 0 Å². The van der Waals surface area contributed by atoms with Crippen molar-refractivity contribution in [1.82, 2.24) is 4.90 Å². The maximum atomic E-state index is 13.2. The van der Waals surface area contributed by atoms with E-state index < -0.39 is 57.3 Å². The molecule has 1 aliphatic rings. The van der Waals surface area contributed by atoms with Crippen LogP contribution in [0.5, 0.6) is 0 Å². The number of nitrogens with one attached hydrogen (secondary N) is 1. The van der Waals surface area contributed by atoms with Gasteiger partial charge in [0.25, 0.3) is 17.4 Å². The van der Waals surface area contributed by atoms with E-state index in [1.165, 1.54) is 32.2 Å². The third-order valence-electron chi connectivity index (χ3n) is 6.11. The first-order valence-corrected chi connectivity index (χ1v) is 12.7. The fourth-order valence-electron chi connectivity index (χ4n) is 3.97. The summed E-state index contributed by atoms with van der Waals surface area (Å²) in [5, 5.41) is 11.9. The average molecular weight is 568 g/mol. The summed E-state index contributed by atoms with van der Waals surface area (Å²) in [6.45, 7) is 1.26. The number of fused-ring (bicyclic) bond motifs is 1. The van der Waals surface area contributed by atoms with Gasteiger partial charge in [-0.2, -0.15) is 26.3 Å². The molecule has 0 bridgehead atoms. The normalized spacial score (nSPS) is 17.2.